The van der Waals surface area contributed by atoms with Crippen LogP contribution in [0.3, 0.4) is 0 Å². The lowest BCUT2D eigenvalue weighted by Gasteiger charge is -2.31. The van der Waals surface area contributed by atoms with Crippen LogP contribution < -0.4 is 0 Å². The zero-order chi connectivity index (χ0) is 10.6. The summed E-state index contributed by atoms with van der Waals surface area (Å²) in [6.07, 6.45) is -6.57. The van der Waals surface area contributed by atoms with Crippen LogP contribution in [0.1, 0.15) is 0 Å². The SMILES string of the molecule is O=C[C@H](O)C(O)(O)[C@H](O)[C@H](O)CO. The minimum absolute atomic E-state index is 0.215. The van der Waals surface area contributed by atoms with Gasteiger partial charge in [0, 0.05) is 0 Å². The van der Waals surface area contributed by atoms with Gasteiger partial charge in [0.1, 0.15) is 12.2 Å². The molecular weight excluding hydrogens is 184 g/mol. The maximum atomic E-state index is 9.94. The molecule has 0 aromatic heterocycles. The Bertz CT molecular complexity index is 168. The molecule has 0 amide bonds. The third-order valence-electron chi connectivity index (χ3n) is 1.55. The smallest absolute Gasteiger partial charge is 0.226 e. The minimum atomic E-state index is -3.18. The molecule has 7 nitrogen and oxygen atoms in total. The quantitative estimate of drug-likeness (QED) is 0.194. The average Bonchev–Trinajstić information content (AvgIpc) is 2.13. The van der Waals surface area contributed by atoms with Crippen LogP contribution in [0.4, 0.5) is 0 Å². The van der Waals surface area contributed by atoms with Gasteiger partial charge in [-0.05, 0) is 0 Å². The van der Waals surface area contributed by atoms with E-state index in [1.165, 1.54) is 0 Å². The zero-order valence-electron chi connectivity index (χ0n) is 6.61. The van der Waals surface area contributed by atoms with Crippen molar-refractivity contribution in [1.82, 2.24) is 0 Å². The van der Waals surface area contributed by atoms with Crippen LogP contribution in [-0.2, 0) is 4.79 Å². The van der Waals surface area contributed by atoms with E-state index in [9.17, 15) is 4.79 Å². The Kier molecular flexibility index (Phi) is 4.40. The van der Waals surface area contributed by atoms with Crippen molar-refractivity contribution in [3.8, 4) is 0 Å². The van der Waals surface area contributed by atoms with E-state index in [0.29, 0.717) is 0 Å². The number of aliphatic hydroxyl groups is 6. The fourth-order valence-corrected chi connectivity index (χ4v) is 0.658. The standard InChI is InChI=1S/C6H12O7/c7-1-3(9)5(11)6(12,13)4(10)2-8/h2-5,7,9-13H,1H2/t3-,4+,5-/m1/s1. The first kappa shape index (κ1) is 12.4. The molecule has 0 spiro atoms. The molecule has 13 heavy (non-hydrogen) atoms. The third-order valence-corrected chi connectivity index (χ3v) is 1.55. The summed E-state index contributed by atoms with van der Waals surface area (Å²) in [4.78, 5) is 9.94. The summed E-state index contributed by atoms with van der Waals surface area (Å²) < 4.78 is 0. The third kappa shape index (κ3) is 2.69. The Balaban J connectivity index is 4.51. The highest BCUT2D eigenvalue weighted by Crippen LogP contribution is 2.14. The van der Waals surface area contributed by atoms with Crippen LogP contribution in [0.2, 0.25) is 0 Å². The number of carbonyl (C=O) groups is 1. The molecule has 0 fully saturated rings. The first-order chi connectivity index (χ1) is 5.87. The molecule has 6 N–H and O–H groups in total. The van der Waals surface area contributed by atoms with Crippen LogP contribution in [0.15, 0.2) is 0 Å². The molecule has 0 radical (unpaired) electrons. The molecule has 0 aromatic carbocycles. The van der Waals surface area contributed by atoms with Crippen molar-refractivity contribution in [3.63, 3.8) is 0 Å². The number of hydrogen-bond donors (Lipinski definition) is 6. The second kappa shape index (κ2) is 4.61. The molecule has 3 atom stereocenters. The summed E-state index contributed by atoms with van der Waals surface area (Å²) in [5, 5.41) is 52.5. The first-order valence-corrected chi connectivity index (χ1v) is 3.43. The minimum Gasteiger partial charge on any atom is -0.394 e. The number of carbonyl (C=O) groups excluding carboxylic acids is 1. The molecule has 0 saturated carbocycles. The summed E-state index contributed by atoms with van der Waals surface area (Å²) in [6, 6.07) is 0. The van der Waals surface area contributed by atoms with Crippen molar-refractivity contribution in [3.05, 3.63) is 0 Å². The number of aldehydes is 1. The van der Waals surface area contributed by atoms with E-state index in [2.05, 4.69) is 0 Å². The fourth-order valence-electron chi connectivity index (χ4n) is 0.658. The van der Waals surface area contributed by atoms with E-state index < -0.39 is 30.7 Å². The highest BCUT2D eigenvalue weighted by Gasteiger charge is 2.44. The van der Waals surface area contributed by atoms with Gasteiger partial charge in [0.15, 0.2) is 12.4 Å². The number of hydrogen-bond acceptors (Lipinski definition) is 7. The van der Waals surface area contributed by atoms with E-state index in [4.69, 9.17) is 30.6 Å². The first-order valence-electron chi connectivity index (χ1n) is 3.43. The van der Waals surface area contributed by atoms with Gasteiger partial charge in [-0.3, -0.25) is 0 Å². The van der Waals surface area contributed by atoms with Gasteiger partial charge in [-0.2, -0.15) is 0 Å². The van der Waals surface area contributed by atoms with Crippen LogP contribution in [0.25, 0.3) is 0 Å². The lowest BCUT2D eigenvalue weighted by Crippen LogP contribution is -2.58. The molecule has 78 valence electrons. The molecule has 0 rings (SSSR count). The van der Waals surface area contributed by atoms with Crippen molar-refractivity contribution >= 4 is 6.29 Å². The van der Waals surface area contributed by atoms with Gasteiger partial charge in [0.05, 0.1) is 6.61 Å². The molecule has 0 aliphatic rings. The lowest BCUT2D eigenvalue weighted by atomic mass is 10.00. The zero-order valence-corrected chi connectivity index (χ0v) is 6.61. The second-order valence-electron chi connectivity index (χ2n) is 2.56. The van der Waals surface area contributed by atoms with Crippen molar-refractivity contribution in [2.45, 2.75) is 24.1 Å². The van der Waals surface area contributed by atoms with Crippen molar-refractivity contribution in [2.24, 2.45) is 0 Å². The summed E-state index contributed by atoms with van der Waals surface area (Å²) in [5.41, 5.74) is 0. The average molecular weight is 196 g/mol. The molecule has 0 aromatic rings. The Labute approximate surface area is 73.5 Å². The molecule has 0 bridgehead atoms. The maximum absolute atomic E-state index is 9.94. The Hall–Kier alpha value is -0.570. The van der Waals surface area contributed by atoms with Gasteiger partial charge >= 0.3 is 0 Å². The molecule has 7 heteroatoms. The predicted molar refractivity (Wildman–Crippen MR) is 38.3 cm³/mol. The number of aliphatic hydroxyl groups excluding tert-OH is 4. The lowest BCUT2D eigenvalue weighted by molar-refractivity contribution is -0.283. The Morgan fingerprint density at radius 2 is 1.69 bits per heavy atom. The molecule has 0 saturated heterocycles. The summed E-state index contributed by atoms with van der Waals surface area (Å²) in [5.74, 6) is -3.18. The van der Waals surface area contributed by atoms with Crippen molar-refractivity contribution in [1.29, 1.82) is 0 Å². The Morgan fingerprint density at radius 1 is 1.23 bits per heavy atom. The van der Waals surface area contributed by atoms with Crippen LogP contribution in [-0.4, -0.2) is 67.6 Å². The summed E-state index contributed by atoms with van der Waals surface area (Å²) in [6.45, 7) is -0.935. The summed E-state index contributed by atoms with van der Waals surface area (Å²) >= 11 is 0. The van der Waals surface area contributed by atoms with Crippen molar-refractivity contribution in [2.75, 3.05) is 6.61 Å². The maximum Gasteiger partial charge on any atom is 0.226 e. The molecule has 0 aliphatic heterocycles. The van der Waals surface area contributed by atoms with Gasteiger partial charge < -0.3 is 35.4 Å². The molecule has 0 unspecified atom stereocenters. The summed E-state index contributed by atoms with van der Waals surface area (Å²) in [7, 11) is 0. The molecular formula is C6H12O7. The Morgan fingerprint density at radius 3 is 2.00 bits per heavy atom. The topological polar surface area (TPSA) is 138 Å². The van der Waals surface area contributed by atoms with E-state index in [1.54, 1.807) is 0 Å². The van der Waals surface area contributed by atoms with Crippen LogP contribution in [0.5, 0.6) is 0 Å². The van der Waals surface area contributed by atoms with E-state index in [1.807, 2.05) is 0 Å². The fraction of sp³-hybridized carbons (Fsp3) is 0.833. The van der Waals surface area contributed by atoms with Gasteiger partial charge in [0.2, 0.25) is 5.79 Å². The predicted octanol–water partition coefficient (Wildman–Crippen LogP) is -4.06. The van der Waals surface area contributed by atoms with Crippen molar-refractivity contribution < 1.29 is 35.4 Å². The largest absolute Gasteiger partial charge is 0.394 e. The number of rotatable bonds is 5. The monoisotopic (exact) mass is 196 g/mol. The molecule has 0 heterocycles. The highest BCUT2D eigenvalue weighted by molar-refractivity contribution is 5.57. The second-order valence-corrected chi connectivity index (χ2v) is 2.56. The normalized spacial score (nSPS) is 19.2. The van der Waals surface area contributed by atoms with Gasteiger partial charge in [-0.25, -0.2) is 0 Å². The van der Waals surface area contributed by atoms with Gasteiger partial charge in [-0.15, -0.1) is 0 Å². The van der Waals surface area contributed by atoms with E-state index in [-0.39, 0.29) is 6.29 Å². The van der Waals surface area contributed by atoms with Crippen LogP contribution >= 0.6 is 0 Å². The highest BCUT2D eigenvalue weighted by atomic mass is 16.5. The van der Waals surface area contributed by atoms with Crippen LogP contribution in [0, 0.1) is 0 Å². The van der Waals surface area contributed by atoms with E-state index in [0.717, 1.165) is 0 Å². The van der Waals surface area contributed by atoms with E-state index >= 15 is 0 Å². The van der Waals surface area contributed by atoms with Gasteiger partial charge in [0.25, 0.3) is 0 Å². The van der Waals surface area contributed by atoms with Gasteiger partial charge in [-0.1, -0.05) is 0 Å². The molecule has 0 aliphatic carbocycles.